The second-order valence-corrected chi connectivity index (χ2v) is 13.5. The highest BCUT2D eigenvalue weighted by Gasteiger charge is 2.34. The molecule has 0 saturated carbocycles. The summed E-state index contributed by atoms with van der Waals surface area (Å²) in [4.78, 5) is 2.74. The third kappa shape index (κ3) is 13.1. The van der Waals surface area contributed by atoms with Crippen molar-refractivity contribution < 1.29 is 4.74 Å². The van der Waals surface area contributed by atoms with Gasteiger partial charge in [0.15, 0.2) is 0 Å². The average molecular weight is 548 g/mol. The molecule has 0 radical (unpaired) electrons. The van der Waals surface area contributed by atoms with Crippen molar-refractivity contribution in [3.05, 3.63) is 5.69 Å². The first-order valence-electron chi connectivity index (χ1n) is 16.9. The molecule has 3 atom stereocenters. The van der Waals surface area contributed by atoms with Gasteiger partial charge in [0, 0.05) is 12.5 Å². The van der Waals surface area contributed by atoms with E-state index in [9.17, 15) is 0 Å². The SMILES string of the molecule is CC(C)CCOc1nsnc1C1CN2CCCCCCCCCCCCCCCCCCCCCC1CC2. The van der Waals surface area contributed by atoms with Crippen LogP contribution in [0, 0.1) is 11.8 Å². The van der Waals surface area contributed by atoms with Crippen LogP contribution in [-0.4, -0.2) is 39.9 Å². The Balaban J connectivity index is 1.52. The number of aromatic nitrogens is 2. The van der Waals surface area contributed by atoms with Gasteiger partial charge in [0.25, 0.3) is 0 Å². The number of nitrogens with zero attached hydrogens (tertiary/aromatic N) is 3. The van der Waals surface area contributed by atoms with Crippen LogP contribution in [0.25, 0.3) is 0 Å². The summed E-state index contributed by atoms with van der Waals surface area (Å²) in [6.45, 7) is 8.95. The van der Waals surface area contributed by atoms with Crippen LogP contribution >= 0.6 is 11.7 Å². The molecule has 1 aromatic heterocycles. The molecule has 0 spiro atoms. The summed E-state index contributed by atoms with van der Waals surface area (Å²) in [5.74, 6) is 2.73. The zero-order valence-electron chi connectivity index (χ0n) is 25.3. The van der Waals surface area contributed by atoms with Crippen LogP contribution in [0.5, 0.6) is 5.88 Å². The third-order valence-electron chi connectivity index (χ3n) is 9.16. The number of piperidine rings is 1. The van der Waals surface area contributed by atoms with E-state index < -0.39 is 0 Å². The first-order chi connectivity index (χ1) is 18.7. The number of hydrogen-bond acceptors (Lipinski definition) is 5. The van der Waals surface area contributed by atoms with E-state index in [1.54, 1.807) is 0 Å². The molecule has 3 aliphatic heterocycles. The van der Waals surface area contributed by atoms with Crippen LogP contribution in [0.1, 0.15) is 167 Å². The minimum atomic E-state index is 0.492. The molecule has 4 rings (SSSR count). The van der Waals surface area contributed by atoms with Crippen LogP contribution in [0.15, 0.2) is 0 Å². The Bertz CT molecular complexity index is 690. The molecule has 5 heteroatoms. The topological polar surface area (TPSA) is 38.3 Å². The zero-order chi connectivity index (χ0) is 26.7. The van der Waals surface area contributed by atoms with Gasteiger partial charge >= 0.3 is 0 Å². The Morgan fingerprint density at radius 3 is 1.76 bits per heavy atom. The van der Waals surface area contributed by atoms with Crippen molar-refractivity contribution >= 4 is 11.7 Å². The maximum absolute atomic E-state index is 6.20. The lowest BCUT2D eigenvalue weighted by molar-refractivity contribution is 0.144. The molecule has 0 aliphatic carbocycles. The minimum absolute atomic E-state index is 0.492. The van der Waals surface area contributed by atoms with Crippen molar-refractivity contribution in [1.82, 2.24) is 13.6 Å². The van der Waals surface area contributed by atoms with E-state index >= 15 is 0 Å². The number of fused-ring (bicyclic) bond motifs is 22. The fraction of sp³-hybridized carbons (Fsp3) is 0.939. The van der Waals surface area contributed by atoms with E-state index in [-0.39, 0.29) is 0 Å². The first kappa shape index (κ1) is 31.8. The largest absolute Gasteiger partial charge is 0.476 e. The highest BCUT2D eigenvalue weighted by Crippen LogP contribution is 2.39. The molecule has 2 bridgehead atoms. The molecule has 3 aliphatic rings. The van der Waals surface area contributed by atoms with Gasteiger partial charge in [0.1, 0.15) is 5.69 Å². The van der Waals surface area contributed by atoms with Crippen LogP contribution in [0.3, 0.4) is 0 Å². The van der Waals surface area contributed by atoms with Crippen LogP contribution in [0.2, 0.25) is 0 Å². The summed E-state index contributed by atoms with van der Waals surface area (Å²) in [6, 6.07) is 0. The molecule has 3 fully saturated rings. The Morgan fingerprint density at radius 1 is 0.684 bits per heavy atom. The quantitative estimate of drug-likeness (QED) is 0.367. The molecular formula is C33H61N3OS. The van der Waals surface area contributed by atoms with Gasteiger partial charge < -0.3 is 9.64 Å². The fourth-order valence-electron chi connectivity index (χ4n) is 6.58. The predicted octanol–water partition coefficient (Wildman–Crippen LogP) is 10.2. The third-order valence-corrected chi connectivity index (χ3v) is 9.68. The van der Waals surface area contributed by atoms with Crippen LogP contribution in [0.4, 0.5) is 0 Å². The molecular weight excluding hydrogens is 486 g/mol. The highest BCUT2D eigenvalue weighted by molar-refractivity contribution is 6.99. The highest BCUT2D eigenvalue weighted by atomic mass is 32.1. The van der Waals surface area contributed by atoms with Gasteiger partial charge in [-0.1, -0.05) is 129 Å². The number of rotatable bonds is 5. The molecule has 0 amide bonds. The molecule has 3 unspecified atom stereocenters. The van der Waals surface area contributed by atoms with E-state index in [0.29, 0.717) is 11.8 Å². The Morgan fingerprint density at radius 2 is 1.21 bits per heavy atom. The van der Waals surface area contributed by atoms with Gasteiger partial charge in [-0.15, -0.1) is 4.37 Å². The molecule has 220 valence electrons. The lowest BCUT2D eigenvalue weighted by Crippen LogP contribution is -2.40. The maximum atomic E-state index is 6.20. The molecule has 1 aromatic rings. The van der Waals surface area contributed by atoms with Crippen LogP contribution in [-0.2, 0) is 0 Å². The predicted molar refractivity (Wildman–Crippen MR) is 164 cm³/mol. The minimum Gasteiger partial charge on any atom is -0.476 e. The smallest absolute Gasteiger partial charge is 0.249 e. The van der Waals surface area contributed by atoms with Crippen LogP contribution < -0.4 is 4.74 Å². The lowest BCUT2D eigenvalue weighted by atomic mass is 9.80. The first-order valence-corrected chi connectivity index (χ1v) is 17.6. The number of hydrogen-bond donors (Lipinski definition) is 0. The van der Waals surface area contributed by atoms with Gasteiger partial charge in [-0.25, -0.2) is 0 Å². The molecule has 38 heavy (non-hydrogen) atoms. The molecule has 4 nitrogen and oxygen atoms in total. The molecule has 0 N–H and O–H groups in total. The van der Waals surface area contributed by atoms with Crippen molar-refractivity contribution in [3.8, 4) is 5.88 Å². The van der Waals surface area contributed by atoms with Crippen molar-refractivity contribution in [2.45, 2.75) is 161 Å². The van der Waals surface area contributed by atoms with E-state index in [4.69, 9.17) is 9.11 Å². The van der Waals surface area contributed by atoms with Crippen molar-refractivity contribution in [2.24, 2.45) is 11.8 Å². The second kappa shape index (κ2) is 20.2. The van der Waals surface area contributed by atoms with Crippen molar-refractivity contribution in [1.29, 1.82) is 0 Å². The molecule has 3 saturated heterocycles. The van der Waals surface area contributed by atoms with Gasteiger partial charge in [-0.2, -0.15) is 4.37 Å². The fourth-order valence-corrected chi connectivity index (χ4v) is 7.14. The van der Waals surface area contributed by atoms with E-state index in [2.05, 4.69) is 23.1 Å². The monoisotopic (exact) mass is 547 g/mol. The van der Waals surface area contributed by atoms with Crippen molar-refractivity contribution in [3.63, 3.8) is 0 Å². The lowest BCUT2D eigenvalue weighted by Gasteiger charge is -2.38. The summed E-state index contributed by atoms with van der Waals surface area (Å²) in [5.41, 5.74) is 1.17. The van der Waals surface area contributed by atoms with E-state index in [1.165, 1.54) is 165 Å². The van der Waals surface area contributed by atoms with E-state index in [1.807, 2.05) is 0 Å². The number of ether oxygens (including phenoxy) is 1. The Hall–Kier alpha value is -0.680. The molecule has 0 aromatic carbocycles. The van der Waals surface area contributed by atoms with Gasteiger partial charge in [-0.05, 0) is 50.6 Å². The van der Waals surface area contributed by atoms with Gasteiger partial charge in [-0.3, -0.25) is 0 Å². The summed E-state index contributed by atoms with van der Waals surface area (Å²) in [6.07, 6.45) is 31.1. The zero-order valence-corrected chi connectivity index (χ0v) is 26.1. The van der Waals surface area contributed by atoms with Gasteiger partial charge in [0.2, 0.25) is 5.88 Å². The van der Waals surface area contributed by atoms with Gasteiger partial charge in [0.05, 0.1) is 18.3 Å². The second-order valence-electron chi connectivity index (χ2n) is 12.9. The summed E-state index contributed by atoms with van der Waals surface area (Å²) >= 11 is 1.36. The molecule has 4 heterocycles. The van der Waals surface area contributed by atoms with Crippen molar-refractivity contribution in [2.75, 3.05) is 26.2 Å². The Kier molecular flexibility index (Phi) is 17.0. The maximum Gasteiger partial charge on any atom is 0.249 e. The Labute approximate surface area is 240 Å². The normalized spacial score (nSPS) is 27.0. The summed E-state index contributed by atoms with van der Waals surface area (Å²) in [7, 11) is 0. The average Bonchev–Trinajstić information content (AvgIpc) is 3.37. The van der Waals surface area contributed by atoms with E-state index in [0.717, 1.165) is 31.4 Å². The summed E-state index contributed by atoms with van der Waals surface area (Å²) in [5, 5.41) is 0. The summed E-state index contributed by atoms with van der Waals surface area (Å²) < 4.78 is 15.7. The standard InChI is InChI=1S/C33H61N3OS/c1-29(2)24-27-37-33-32(34-38-35-33)31-28-36-25-21-19-17-15-13-11-9-7-5-3-4-6-8-10-12-14-16-18-20-22-30(31)23-26-36/h29-31H,3-28H2,1-2H3.